The van der Waals surface area contributed by atoms with Gasteiger partial charge in [-0.2, -0.15) is 0 Å². The van der Waals surface area contributed by atoms with Gasteiger partial charge in [0.05, 0.1) is 5.56 Å². The first kappa shape index (κ1) is 25.0. The van der Waals surface area contributed by atoms with Crippen LogP contribution in [0.4, 0.5) is 5.82 Å². The van der Waals surface area contributed by atoms with Crippen LogP contribution in [0.15, 0.2) is 71.3 Å². The minimum atomic E-state index is -0.424. The first-order valence-electron chi connectivity index (χ1n) is 11.8. The molecule has 0 fully saturated rings. The Morgan fingerprint density at radius 2 is 1.71 bits per heavy atom. The number of hydrogen-bond acceptors (Lipinski definition) is 4. The number of benzene rings is 2. The van der Waals surface area contributed by atoms with E-state index in [2.05, 4.69) is 79.3 Å². The summed E-state index contributed by atoms with van der Waals surface area (Å²) >= 11 is 3.45. The van der Waals surface area contributed by atoms with Crippen molar-refractivity contribution < 1.29 is 9.53 Å². The highest BCUT2D eigenvalue weighted by Gasteiger charge is 2.29. The standard InChI is InChI=1S/C29H32BrN3O2/c1-19-15-16-33-24(17-19)31-25(26(33)32-29(5,6)18-28(2,3)4)21-12-8-10-14-23(21)35-27(34)20-11-7-9-13-22(20)30/h7-17,32H,18H2,1-6H3. The van der Waals surface area contributed by atoms with Crippen LogP contribution < -0.4 is 10.1 Å². The van der Waals surface area contributed by atoms with E-state index < -0.39 is 5.97 Å². The van der Waals surface area contributed by atoms with Gasteiger partial charge in [0.15, 0.2) is 0 Å². The third kappa shape index (κ3) is 5.76. The molecule has 4 aromatic rings. The molecule has 0 bridgehead atoms. The lowest BCUT2D eigenvalue weighted by Gasteiger charge is -2.34. The minimum absolute atomic E-state index is 0.143. The van der Waals surface area contributed by atoms with Gasteiger partial charge in [0.2, 0.25) is 0 Å². The fraction of sp³-hybridized carbons (Fsp3) is 0.310. The predicted octanol–water partition coefficient (Wildman–Crippen LogP) is 7.92. The number of ether oxygens (including phenoxy) is 1. The van der Waals surface area contributed by atoms with Gasteiger partial charge in [-0.05, 0) is 90.5 Å². The number of carbonyl (C=O) groups is 1. The molecule has 0 atom stereocenters. The summed E-state index contributed by atoms with van der Waals surface area (Å²) in [7, 11) is 0. The molecule has 0 amide bonds. The van der Waals surface area contributed by atoms with E-state index in [9.17, 15) is 4.79 Å². The summed E-state index contributed by atoms with van der Waals surface area (Å²) in [5.74, 6) is 0.913. The normalized spacial score (nSPS) is 12.1. The zero-order chi connectivity index (χ0) is 25.4. The number of pyridine rings is 1. The van der Waals surface area contributed by atoms with Gasteiger partial charge in [0, 0.05) is 21.8 Å². The van der Waals surface area contributed by atoms with E-state index >= 15 is 0 Å². The Bertz CT molecular complexity index is 1380. The number of nitrogens with zero attached hydrogens (tertiary/aromatic N) is 2. The molecule has 0 aliphatic rings. The summed E-state index contributed by atoms with van der Waals surface area (Å²) in [5.41, 5.74) is 3.87. The van der Waals surface area contributed by atoms with E-state index in [-0.39, 0.29) is 11.0 Å². The second kappa shape index (κ2) is 9.50. The van der Waals surface area contributed by atoms with Crippen LogP contribution in [0.1, 0.15) is 57.0 Å². The lowest BCUT2D eigenvalue weighted by Crippen LogP contribution is -2.36. The van der Waals surface area contributed by atoms with E-state index in [1.165, 1.54) is 0 Å². The number of hydrogen-bond donors (Lipinski definition) is 1. The Labute approximate surface area is 215 Å². The smallest absolute Gasteiger partial charge is 0.344 e. The highest BCUT2D eigenvalue weighted by atomic mass is 79.9. The van der Waals surface area contributed by atoms with E-state index in [1.54, 1.807) is 6.07 Å². The van der Waals surface area contributed by atoms with Crippen molar-refractivity contribution in [3.8, 4) is 17.0 Å². The Morgan fingerprint density at radius 1 is 1.03 bits per heavy atom. The number of imidazole rings is 1. The number of nitrogens with one attached hydrogen (secondary N) is 1. The van der Waals surface area contributed by atoms with Gasteiger partial charge in [0.1, 0.15) is 22.9 Å². The van der Waals surface area contributed by atoms with Crippen LogP contribution in [-0.4, -0.2) is 20.9 Å². The maximum Gasteiger partial charge on any atom is 0.344 e. The van der Waals surface area contributed by atoms with Crippen molar-refractivity contribution in [3.63, 3.8) is 0 Å². The molecule has 0 saturated carbocycles. The number of para-hydroxylation sites is 1. The molecule has 0 unspecified atom stereocenters. The van der Waals surface area contributed by atoms with Crippen LogP contribution in [0.5, 0.6) is 5.75 Å². The second-order valence-electron chi connectivity index (χ2n) is 10.9. The zero-order valence-corrected chi connectivity index (χ0v) is 22.7. The molecule has 5 nitrogen and oxygen atoms in total. The minimum Gasteiger partial charge on any atom is -0.422 e. The molecule has 1 N–H and O–H groups in total. The van der Waals surface area contributed by atoms with Crippen LogP contribution in [0.25, 0.3) is 16.9 Å². The van der Waals surface area contributed by atoms with Crippen molar-refractivity contribution in [2.24, 2.45) is 5.41 Å². The molecule has 2 aromatic heterocycles. The average Bonchev–Trinajstić information content (AvgIpc) is 3.09. The van der Waals surface area contributed by atoms with Crippen molar-refractivity contribution >= 4 is 33.4 Å². The maximum absolute atomic E-state index is 13.0. The summed E-state index contributed by atoms with van der Waals surface area (Å²) in [4.78, 5) is 18.0. The van der Waals surface area contributed by atoms with Crippen molar-refractivity contribution in [2.45, 2.75) is 53.5 Å². The van der Waals surface area contributed by atoms with Gasteiger partial charge in [-0.3, -0.25) is 4.40 Å². The van der Waals surface area contributed by atoms with E-state index in [0.29, 0.717) is 15.8 Å². The molecule has 0 aliphatic carbocycles. The van der Waals surface area contributed by atoms with Crippen LogP contribution in [-0.2, 0) is 0 Å². The van der Waals surface area contributed by atoms with Crippen molar-refractivity contribution in [2.75, 3.05) is 5.32 Å². The van der Waals surface area contributed by atoms with Gasteiger partial charge in [-0.25, -0.2) is 9.78 Å². The van der Waals surface area contributed by atoms with Crippen LogP contribution in [0.3, 0.4) is 0 Å². The third-order valence-electron chi connectivity index (χ3n) is 5.65. The Balaban J connectivity index is 1.81. The highest BCUT2D eigenvalue weighted by Crippen LogP contribution is 2.38. The molecule has 35 heavy (non-hydrogen) atoms. The molecule has 0 spiro atoms. The molecule has 0 aliphatic heterocycles. The monoisotopic (exact) mass is 533 g/mol. The van der Waals surface area contributed by atoms with Crippen LogP contribution >= 0.6 is 15.9 Å². The fourth-order valence-corrected chi connectivity index (χ4v) is 5.12. The molecule has 2 heterocycles. The van der Waals surface area contributed by atoms with Gasteiger partial charge in [-0.15, -0.1) is 0 Å². The number of aromatic nitrogens is 2. The third-order valence-corrected chi connectivity index (χ3v) is 6.34. The number of fused-ring (bicyclic) bond motifs is 1. The summed E-state index contributed by atoms with van der Waals surface area (Å²) in [5, 5.41) is 3.76. The molecular formula is C29H32BrN3O2. The molecule has 0 radical (unpaired) electrons. The fourth-order valence-electron chi connectivity index (χ4n) is 4.68. The van der Waals surface area contributed by atoms with Crippen LogP contribution in [0.2, 0.25) is 0 Å². The Hall–Kier alpha value is -3.12. The van der Waals surface area contributed by atoms with Crippen molar-refractivity contribution in [1.29, 1.82) is 0 Å². The summed E-state index contributed by atoms with van der Waals surface area (Å²) in [6.45, 7) is 13.2. The van der Waals surface area contributed by atoms with E-state index in [4.69, 9.17) is 9.72 Å². The first-order valence-corrected chi connectivity index (χ1v) is 12.6. The molecule has 0 saturated heterocycles. The summed E-state index contributed by atoms with van der Waals surface area (Å²) in [6, 6.07) is 18.9. The second-order valence-corrected chi connectivity index (χ2v) is 11.7. The molecular weight excluding hydrogens is 502 g/mol. The van der Waals surface area contributed by atoms with Crippen molar-refractivity contribution in [1.82, 2.24) is 9.38 Å². The number of anilines is 1. The average molecular weight is 534 g/mol. The largest absolute Gasteiger partial charge is 0.422 e. The van der Waals surface area contributed by atoms with E-state index in [0.717, 1.165) is 34.7 Å². The Morgan fingerprint density at radius 3 is 2.43 bits per heavy atom. The lowest BCUT2D eigenvalue weighted by molar-refractivity contribution is 0.0734. The molecule has 182 valence electrons. The number of halogens is 1. The summed E-state index contributed by atoms with van der Waals surface area (Å²) in [6.07, 6.45) is 2.99. The quantitative estimate of drug-likeness (QED) is 0.202. The van der Waals surface area contributed by atoms with Gasteiger partial charge in [-0.1, -0.05) is 45.0 Å². The van der Waals surface area contributed by atoms with Gasteiger partial charge in [0.25, 0.3) is 0 Å². The van der Waals surface area contributed by atoms with Gasteiger partial charge < -0.3 is 10.1 Å². The van der Waals surface area contributed by atoms with E-state index in [1.807, 2.05) is 48.7 Å². The maximum atomic E-state index is 13.0. The molecule has 6 heteroatoms. The summed E-state index contributed by atoms with van der Waals surface area (Å²) < 4.78 is 8.67. The predicted molar refractivity (Wildman–Crippen MR) is 146 cm³/mol. The zero-order valence-electron chi connectivity index (χ0n) is 21.1. The topological polar surface area (TPSA) is 55.6 Å². The number of rotatable bonds is 6. The first-order chi connectivity index (χ1) is 16.4. The SMILES string of the molecule is Cc1ccn2c(NC(C)(C)CC(C)(C)C)c(-c3ccccc3OC(=O)c3ccccc3Br)nc2c1. The number of carbonyl (C=O) groups excluding carboxylic acids is 1. The number of aryl methyl sites for hydroxylation is 1. The Kier molecular flexibility index (Phi) is 6.78. The van der Waals surface area contributed by atoms with Crippen LogP contribution in [0, 0.1) is 12.3 Å². The molecule has 2 aromatic carbocycles. The van der Waals surface area contributed by atoms with Gasteiger partial charge >= 0.3 is 5.97 Å². The molecule has 4 rings (SSSR count). The lowest BCUT2D eigenvalue weighted by atomic mass is 9.82. The number of esters is 1. The van der Waals surface area contributed by atoms with Crippen molar-refractivity contribution in [3.05, 3.63) is 82.5 Å². The highest BCUT2D eigenvalue weighted by molar-refractivity contribution is 9.10.